The van der Waals surface area contributed by atoms with Gasteiger partial charge in [0.1, 0.15) is 0 Å². The van der Waals surface area contributed by atoms with Crippen molar-refractivity contribution < 1.29 is 30.0 Å². The van der Waals surface area contributed by atoms with Crippen LogP contribution in [0.3, 0.4) is 0 Å². The fraction of sp³-hybridized carbons (Fsp3) is 0.381. The number of allylic oxidation sites excluding steroid dienone is 2. The molecular formula is C42H50IrNO2-. The third-order valence-corrected chi connectivity index (χ3v) is 9.20. The van der Waals surface area contributed by atoms with Crippen LogP contribution in [0, 0.1) is 17.9 Å². The number of aliphatic hydroxyl groups is 1. The first-order chi connectivity index (χ1) is 21.6. The Kier molecular flexibility index (Phi) is 13.7. The summed E-state index contributed by atoms with van der Waals surface area (Å²) in [7, 11) is 0. The molecule has 0 saturated heterocycles. The first kappa shape index (κ1) is 37.1. The number of aromatic nitrogens is 1. The fourth-order valence-electron chi connectivity index (χ4n) is 6.23. The molecule has 1 radical (unpaired) electrons. The second-order valence-electron chi connectivity index (χ2n) is 12.8. The number of fused-ring (bicyclic) bond motifs is 4. The Morgan fingerprint density at radius 3 is 2.09 bits per heavy atom. The van der Waals surface area contributed by atoms with Crippen molar-refractivity contribution in [2.45, 2.75) is 92.9 Å². The molecule has 5 aromatic rings. The summed E-state index contributed by atoms with van der Waals surface area (Å²) in [6, 6.07) is 27.9. The first-order valence-electron chi connectivity index (χ1n) is 16.8. The van der Waals surface area contributed by atoms with E-state index in [0.717, 1.165) is 42.3 Å². The molecule has 4 aromatic carbocycles. The molecule has 0 aliphatic heterocycles. The smallest absolute Gasteiger partial charge is 0.162 e. The number of hydrogen-bond donors (Lipinski definition) is 1. The number of benzene rings is 4. The Morgan fingerprint density at radius 2 is 1.46 bits per heavy atom. The maximum Gasteiger partial charge on any atom is 0.162 e. The Labute approximate surface area is 289 Å². The average molecular weight is 793 g/mol. The minimum atomic E-state index is 0. The van der Waals surface area contributed by atoms with E-state index < -0.39 is 0 Å². The zero-order chi connectivity index (χ0) is 32.7. The largest absolute Gasteiger partial charge is 0.512 e. The van der Waals surface area contributed by atoms with Crippen LogP contribution in [0.15, 0.2) is 84.8 Å². The van der Waals surface area contributed by atoms with E-state index in [1.165, 1.54) is 44.1 Å². The van der Waals surface area contributed by atoms with Crippen molar-refractivity contribution in [1.29, 1.82) is 0 Å². The molecule has 0 saturated carbocycles. The molecular weight excluding hydrogens is 743 g/mol. The monoisotopic (exact) mass is 793 g/mol. The van der Waals surface area contributed by atoms with Gasteiger partial charge in [0.25, 0.3) is 0 Å². The molecule has 1 aromatic heterocycles. The average Bonchev–Trinajstić information content (AvgIpc) is 3.04. The zero-order valence-corrected chi connectivity index (χ0v) is 31.2. The van der Waals surface area contributed by atoms with Crippen molar-refractivity contribution in [1.82, 2.24) is 4.98 Å². The summed E-state index contributed by atoms with van der Waals surface area (Å²) in [6.45, 7) is 17.1. The van der Waals surface area contributed by atoms with E-state index in [-0.39, 0.29) is 43.5 Å². The Bertz CT molecular complexity index is 1790. The minimum absolute atomic E-state index is 0. The predicted octanol–water partition coefficient (Wildman–Crippen LogP) is 12.1. The van der Waals surface area contributed by atoms with E-state index in [9.17, 15) is 9.90 Å². The van der Waals surface area contributed by atoms with Gasteiger partial charge < -0.3 is 5.11 Å². The van der Waals surface area contributed by atoms with Crippen molar-refractivity contribution in [2.75, 3.05) is 0 Å². The summed E-state index contributed by atoms with van der Waals surface area (Å²) in [5.41, 5.74) is 4.80. The second kappa shape index (κ2) is 17.0. The summed E-state index contributed by atoms with van der Waals surface area (Å²) in [4.78, 5) is 16.5. The van der Waals surface area contributed by atoms with Gasteiger partial charge in [-0.2, -0.15) is 0 Å². The van der Waals surface area contributed by atoms with Gasteiger partial charge in [-0.25, -0.2) is 0 Å². The minimum Gasteiger partial charge on any atom is -0.512 e. The SMILES string of the molecule is CC(C)c1ccc2c(-c3[c-]c4ccc5ccccc5c4c(C(C)C)c3)nccc2c1.CCC(CC)C(=O)/C=C(\O)C(CC)CC.[Ir]. The normalized spacial score (nSPS) is 11.9. The van der Waals surface area contributed by atoms with E-state index in [0.29, 0.717) is 11.8 Å². The molecule has 0 bridgehead atoms. The van der Waals surface area contributed by atoms with Crippen molar-refractivity contribution in [3.8, 4) is 11.3 Å². The van der Waals surface area contributed by atoms with Crippen molar-refractivity contribution >= 4 is 38.1 Å². The molecule has 0 unspecified atom stereocenters. The van der Waals surface area contributed by atoms with Gasteiger partial charge >= 0.3 is 0 Å². The summed E-state index contributed by atoms with van der Waals surface area (Å²) < 4.78 is 0. The Hall–Kier alpha value is -3.33. The molecule has 1 heterocycles. The number of carbonyl (C=O) groups excluding carboxylic acids is 1. The maximum atomic E-state index is 11.7. The molecule has 4 heteroatoms. The van der Waals surface area contributed by atoms with Crippen LogP contribution in [0.1, 0.15) is 104 Å². The number of nitrogens with zero attached hydrogens (tertiary/aromatic N) is 1. The topological polar surface area (TPSA) is 50.2 Å². The molecule has 46 heavy (non-hydrogen) atoms. The number of aliphatic hydroxyl groups excluding tert-OH is 1. The molecule has 0 fully saturated rings. The van der Waals surface area contributed by atoms with Crippen molar-refractivity contribution in [2.24, 2.45) is 11.8 Å². The summed E-state index contributed by atoms with van der Waals surface area (Å²) >= 11 is 0. The van der Waals surface area contributed by atoms with Crippen LogP contribution in [0.2, 0.25) is 0 Å². The Balaban J connectivity index is 0.000000309. The van der Waals surface area contributed by atoms with Crippen LogP contribution in [0.5, 0.6) is 0 Å². The van der Waals surface area contributed by atoms with E-state index in [1.807, 2.05) is 33.9 Å². The third kappa shape index (κ3) is 8.33. The number of ketones is 1. The van der Waals surface area contributed by atoms with Gasteiger partial charge in [0, 0.05) is 49.9 Å². The van der Waals surface area contributed by atoms with E-state index in [4.69, 9.17) is 4.98 Å². The number of pyridine rings is 1. The molecule has 0 amide bonds. The van der Waals surface area contributed by atoms with Crippen LogP contribution in [0.25, 0.3) is 43.6 Å². The standard InChI is InChI=1S/C29H26N.C13H24O2.Ir/c1-18(2)21-11-12-26-22(15-21)13-14-30-29(26)24-16-23-10-9-20-7-5-6-8-25(20)28(23)27(17-24)19(3)4;1-5-10(6-2)12(14)9-13(15)11(7-3)8-4;/h5-15,17-19H,1-4H3;9-11,14H,5-8H2,1-4H3;/q-1;;/b;12-9-;. The van der Waals surface area contributed by atoms with Crippen molar-refractivity contribution in [3.63, 3.8) is 0 Å². The van der Waals surface area contributed by atoms with Gasteiger partial charge in [-0.05, 0) is 70.7 Å². The number of rotatable bonds is 10. The molecule has 0 aliphatic carbocycles. The van der Waals surface area contributed by atoms with Gasteiger partial charge in [-0.15, -0.1) is 29.1 Å². The Morgan fingerprint density at radius 1 is 0.783 bits per heavy atom. The zero-order valence-electron chi connectivity index (χ0n) is 28.8. The van der Waals surface area contributed by atoms with Crippen LogP contribution in [-0.4, -0.2) is 15.9 Å². The molecule has 5 rings (SSSR count). The molecule has 3 nitrogen and oxygen atoms in total. The van der Waals surface area contributed by atoms with E-state index in [1.54, 1.807) is 0 Å². The molecule has 0 aliphatic rings. The third-order valence-electron chi connectivity index (χ3n) is 9.20. The van der Waals surface area contributed by atoms with Gasteiger partial charge in [-0.3, -0.25) is 9.78 Å². The van der Waals surface area contributed by atoms with Crippen LogP contribution >= 0.6 is 0 Å². The first-order valence-corrected chi connectivity index (χ1v) is 16.8. The van der Waals surface area contributed by atoms with Gasteiger partial charge in [-0.1, -0.05) is 115 Å². The second-order valence-corrected chi connectivity index (χ2v) is 12.8. The number of carbonyl (C=O) groups is 1. The maximum absolute atomic E-state index is 11.7. The van der Waals surface area contributed by atoms with Crippen LogP contribution < -0.4 is 0 Å². The van der Waals surface area contributed by atoms with Gasteiger partial charge in [0.2, 0.25) is 0 Å². The van der Waals surface area contributed by atoms with Crippen molar-refractivity contribution in [3.05, 3.63) is 102 Å². The van der Waals surface area contributed by atoms with E-state index in [2.05, 4.69) is 100 Å². The van der Waals surface area contributed by atoms with Crippen LogP contribution in [-0.2, 0) is 24.9 Å². The summed E-state index contributed by atoms with van der Waals surface area (Å²) in [5.74, 6) is 1.47. The summed E-state index contributed by atoms with van der Waals surface area (Å²) in [6.07, 6.45) is 6.83. The fourth-order valence-corrected chi connectivity index (χ4v) is 6.23. The molecule has 1 N–H and O–H groups in total. The van der Waals surface area contributed by atoms with E-state index >= 15 is 0 Å². The van der Waals surface area contributed by atoms with Gasteiger partial charge in [0.05, 0.1) is 5.76 Å². The van der Waals surface area contributed by atoms with Gasteiger partial charge in [0.15, 0.2) is 5.78 Å². The molecule has 0 atom stereocenters. The number of hydrogen-bond acceptors (Lipinski definition) is 3. The molecule has 0 spiro atoms. The summed E-state index contributed by atoms with van der Waals surface area (Å²) in [5, 5.41) is 17.2. The predicted molar refractivity (Wildman–Crippen MR) is 193 cm³/mol. The quantitative estimate of drug-likeness (QED) is 0.0663. The molecule has 245 valence electrons. The van der Waals surface area contributed by atoms with Crippen LogP contribution in [0.4, 0.5) is 0 Å².